The number of hydrogen-bond acceptors (Lipinski definition) is 2. The lowest BCUT2D eigenvalue weighted by Gasteiger charge is -2.17. The molecule has 1 aromatic carbocycles. The molecule has 2 unspecified atom stereocenters. The van der Waals surface area contributed by atoms with E-state index < -0.39 is 0 Å². The van der Waals surface area contributed by atoms with E-state index in [9.17, 15) is 0 Å². The largest absolute Gasteiger partial charge is 0.353 e. The summed E-state index contributed by atoms with van der Waals surface area (Å²) in [5.41, 5.74) is 1.32. The molecule has 2 atom stereocenters. The standard InChI is InChI=1S/C13H18O2/c1-11(15-13-8-5-9-14-13)10-12-6-3-2-4-7-12/h2-4,6-7,11,13H,5,8-10H2,1H3. The Hall–Kier alpha value is -0.860. The van der Waals surface area contributed by atoms with E-state index in [1.54, 1.807) is 0 Å². The summed E-state index contributed by atoms with van der Waals surface area (Å²) in [5.74, 6) is 0. The second kappa shape index (κ2) is 5.29. The highest BCUT2D eigenvalue weighted by Crippen LogP contribution is 2.16. The molecular formula is C13H18O2. The highest BCUT2D eigenvalue weighted by atomic mass is 16.7. The topological polar surface area (TPSA) is 18.5 Å². The van der Waals surface area contributed by atoms with Gasteiger partial charge in [-0.3, -0.25) is 0 Å². The molecule has 2 heteroatoms. The molecule has 1 aliphatic rings. The van der Waals surface area contributed by atoms with Crippen molar-refractivity contribution in [2.24, 2.45) is 0 Å². The molecule has 15 heavy (non-hydrogen) atoms. The van der Waals surface area contributed by atoms with Crippen LogP contribution in [0.2, 0.25) is 0 Å². The predicted molar refractivity (Wildman–Crippen MR) is 59.7 cm³/mol. The van der Waals surface area contributed by atoms with Crippen molar-refractivity contribution in [3.63, 3.8) is 0 Å². The first-order valence-electron chi connectivity index (χ1n) is 5.65. The van der Waals surface area contributed by atoms with Gasteiger partial charge in [-0.1, -0.05) is 30.3 Å². The highest BCUT2D eigenvalue weighted by molar-refractivity contribution is 5.15. The van der Waals surface area contributed by atoms with Gasteiger partial charge in [0.1, 0.15) is 0 Å². The number of ether oxygens (including phenoxy) is 2. The molecule has 1 saturated heterocycles. The molecule has 2 rings (SSSR count). The Morgan fingerprint density at radius 1 is 1.40 bits per heavy atom. The van der Waals surface area contributed by atoms with Crippen molar-refractivity contribution >= 4 is 0 Å². The van der Waals surface area contributed by atoms with Gasteiger partial charge in [0.25, 0.3) is 0 Å². The molecule has 0 N–H and O–H groups in total. The summed E-state index contributed by atoms with van der Waals surface area (Å²) in [5, 5.41) is 0. The lowest BCUT2D eigenvalue weighted by atomic mass is 10.1. The summed E-state index contributed by atoms with van der Waals surface area (Å²) in [6, 6.07) is 10.4. The van der Waals surface area contributed by atoms with Crippen molar-refractivity contribution < 1.29 is 9.47 Å². The maximum Gasteiger partial charge on any atom is 0.158 e. The van der Waals surface area contributed by atoms with E-state index in [1.807, 2.05) is 6.07 Å². The SMILES string of the molecule is CC(Cc1ccccc1)OC1CCCO1. The lowest BCUT2D eigenvalue weighted by molar-refractivity contribution is -0.138. The third kappa shape index (κ3) is 3.33. The maximum atomic E-state index is 5.79. The third-order valence-electron chi connectivity index (χ3n) is 2.64. The van der Waals surface area contributed by atoms with Gasteiger partial charge in [-0.05, 0) is 25.3 Å². The van der Waals surface area contributed by atoms with Crippen LogP contribution < -0.4 is 0 Å². The zero-order valence-electron chi connectivity index (χ0n) is 9.19. The first-order valence-corrected chi connectivity index (χ1v) is 5.65. The van der Waals surface area contributed by atoms with E-state index in [0.717, 1.165) is 25.9 Å². The van der Waals surface area contributed by atoms with Crippen LogP contribution in [0.3, 0.4) is 0 Å². The third-order valence-corrected chi connectivity index (χ3v) is 2.64. The van der Waals surface area contributed by atoms with Crippen molar-refractivity contribution in [1.82, 2.24) is 0 Å². The molecule has 0 aromatic heterocycles. The van der Waals surface area contributed by atoms with Gasteiger partial charge in [0.2, 0.25) is 0 Å². The molecule has 0 radical (unpaired) electrons. The van der Waals surface area contributed by atoms with Gasteiger partial charge in [-0.2, -0.15) is 0 Å². The first-order chi connectivity index (χ1) is 7.34. The van der Waals surface area contributed by atoms with E-state index in [1.165, 1.54) is 5.56 Å². The Labute approximate surface area is 91.2 Å². The number of hydrogen-bond donors (Lipinski definition) is 0. The molecule has 0 amide bonds. The number of rotatable bonds is 4. The Balaban J connectivity index is 1.79. The second-order valence-corrected chi connectivity index (χ2v) is 4.08. The summed E-state index contributed by atoms with van der Waals surface area (Å²) >= 11 is 0. The van der Waals surface area contributed by atoms with Crippen LogP contribution in [-0.4, -0.2) is 19.0 Å². The summed E-state index contributed by atoms with van der Waals surface area (Å²) < 4.78 is 11.2. The Morgan fingerprint density at radius 2 is 2.20 bits per heavy atom. The Kier molecular flexibility index (Phi) is 3.75. The summed E-state index contributed by atoms with van der Waals surface area (Å²) in [6.45, 7) is 2.96. The molecule has 0 aliphatic carbocycles. The van der Waals surface area contributed by atoms with Gasteiger partial charge >= 0.3 is 0 Å². The van der Waals surface area contributed by atoms with Crippen LogP contribution in [0.15, 0.2) is 30.3 Å². The molecule has 2 nitrogen and oxygen atoms in total. The van der Waals surface area contributed by atoms with Crippen molar-refractivity contribution in [3.05, 3.63) is 35.9 Å². The van der Waals surface area contributed by atoms with E-state index >= 15 is 0 Å². The lowest BCUT2D eigenvalue weighted by Crippen LogP contribution is -2.20. The van der Waals surface area contributed by atoms with Gasteiger partial charge in [0.15, 0.2) is 6.29 Å². The minimum atomic E-state index is 0.0312. The van der Waals surface area contributed by atoms with E-state index in [2.05, 4.69) is 31.2 Å². The fraction of sp³-hybridized carbons (Fsp3) is 0.538. The predicted octanol–water partition coefficient (Wildman–Crippen LogP) is 2.77. The van der Waals surface area contributed by atoms with Crippen molar-refractivity contribution in [3.8, 4) is 0 Å². The average molecular weight is 206 g/mol. The summed E-state index contributed by atoms with van der Waals surface area (Å²) in [6.07, 6.45) is 3.39. The fourth-order valence-electron chi connectivity index (χ4n) is 1.91. The van der Waals surface area contributed by atoms with Gasteiger partial charge in [0, 0.05) is 13.0 Å². The first kappa shape index (κ1) is 10.7. The van der Waals surface area contributed by atoms with Crippen LogP contribution in [0.4, 0.5) is 0 Å². The maximum absolute atomic E-state index is 5.79. The van der Waals surface area contributed by atoms with Crippen LogP contribution >= 0.6 is 0 Å². The molecule has 0 spiro atoms. The monoisotopic (exact) mass is 206 g/mol. The van der Waals surface area contributed by atoms with Crippen molar-refractivity contribution in [2.45, 2.75) is 38.6 Å². The van der Waals surface area contributed by atoms with Crippen LogP contribution in [0.1, 0.15) is 25.3 Å². The minimum absolute atomic E-state index is 0.0312. The van der Waals surface area contributed by atoms with Gasteiger partial charge < -0.3 is 9.47 Å². The zero-order chi connectivity index (χ0) is 10.5. The van der Waals surface area contributed by atoms with E-state index in [-0.39, 0.29) is 12.4 Å². The van der Waals surface area contributed by atoms with Crippen LogP contribution in [0, 0.1) is 0 Å². The van der Waals surface area contributed by atoms with E-state index in [0.29, 0.717) is 0 Å². The highest BCUT2D eigenvalue weighted by Gasteiger charge is 2.18. The smallest absolute Gasteiger partial charge is 0.158 e. The summed E-state index contributed by atoms with van der Waals surface area (Å²) in [7, 11) is 0. The summed E-state index contributed by atoms with van der Waals surface area (Å²) in [4.78, 5) is 0. The van der Waals surface area contributed by atoms with Crippen LogP contribution in [-0.2, 0) is 15.9 Å². The molecule has 1 aliphatic heterocycles. The van der Waals surface area contributed by atoms with Gasteiger partial charge in [0.05, 0.1) is 6.10 Å². The second-order valence-electron chi connectivity index (χ2n) is 4.08. The molecule has 1 aromatic rings. The molecule has 0 bridgehead atoms. The van der Waals surface area contributed by atoms with Crippen LogP contribution in [0.25, 0.3) is 0 Å². The average Bonchev–Trinajstić information content (AvgIpc) is 2.71. The quantitative estimate of drug-likeness (QED) is 0.754. The normalized spacial score (nSPS) is 22.9. The minimum Gasteiger partial charge on any atom is -0.353 e. The Morgan fingerprint density at radius 3 is 2.87 bits per heavy atom. The fourth-order valence-corrected chi connectivity index (χ4v) is 1.91. The van der Waals surface area contributed by atoms with Crippen LogP contribution in [0.5, 0.6) is 0 Å². The van der Waals surface area contributed by atoms with E-state index in [4.69, 9.17) is 9.47 Å². The van der Waals surface area contributed by atoms with Crippen molar-refractivity contribution in [1.29, 1.82) is 0 Å². The molecule has 1 heterocycles. The van der Waals surface area contributed by atoms with Gasteiger partial charge in [-0.25, -0.2) is 0 Å². The molecule has 1 fully saturated rings. The molecular weight excluding hydrogens is 188 g/mol. The molecule has 0 saturated carbocycles. The molecule has 82 valence electrons. The van der Waals surface area contributed by atoms with Crippen molar-refractivity contribution in [2.75, 3.05) is 6.61 Å². The zero-order valence-corrected chi connectivity index (χ0v) is 9.19. The van der Waals surface area contributed by atoms with Gasteiger partial charge in [-0.15, -0.1) is 0 Å². The Bertz CT molecular complexity index is 278. The number of benzene rings is 1.